The number of carbonyl (C=O) groups is 2. The number of nitrogens with one attached hydrogen (secondary N) is 1. The highest BCUT2D eigenvalue weighted by Gasteiger charge is 2.48. The van der Waals surface area contributed by atoms with Crippen molar-refractivity contribution in [1.29, 1.82) is 0 Å². The van der Waals surface area contributed by atoms with Gasteiger partial charge in [0.1, 0.15) is 11.6 Å². The van der Waals surface area contributed by atoms with Crippen molar-refractivity contribution in [1.82, 2.24) is 10.2 Å². The number of halogens is 1. The van der Waals surface area contributed by atoms with E-state index in [1.54, 1.807) is 32.9 Å². The maximum atomic E-state index is 13.5. The first-order valence-corrected chi connectivity index (χ1v) is 15.0. The number of amidine groups is 1. The first-order chi connectivity index (χ1) is 17.4. The van der Waals surface area contributed by atoms with Crippen LogP contribution in [0.1, 0.15) is 31.9 Å². The Morgan fingerprint density at radius 2 is 1.78 bits per heavy atom. The van der Waals surface area contributed by atoms with Crippen LogP contribution >= 0.6 is 23.4 Å². The van der Waals surface area contributed by atoms with Crippen LogP contribution in [0.5, 0.6) is 0 Å². The predicted molar refractivity (Wildman–Crippen MR) is 147 cm³/mol. The van der Waals surface area contributed by atoms with Crippen molar-refractivity contribution in [3.63, 3.8) is 0 Å². The average molecular weight is 564 g/mol. The normalized spacial score (nSPS) is 22.5. The quantitative estimate of drug-likeness (QED) is 0.564. The zero-order valence-corrected chi connectivity index (χ0v) is 23.3. The molecule has 2 aliphatic heterocycles. The Kier molecular flexibility index (Phi) is 8.20. The van der Waals surface area contributed by atoms with Gasteiger partial charge in [-0.3, -0.25) is 4.79 Å². The Hall–Kier alpha value is -2.56. The summed E-state index contributed by atoms with van der Waals surface area (Å²) < 4.78 is 30.0. The molecule has 37 heavy (non-hydrogen) atoms. The summed E-state index contributed by atoms with van der Waals surface area (Å²) in [6.07, 6.45) is -0.472. The zero-order valence-electron chi connectivity index (χ0n) is 20.9. The largest absolute Gasteiger partial charge is 0.444 e. The van der Waals surface area contributed by atoms with Gasteiger partial charge in [-0.25, -0.2) is 13.2 Å². The molecule has 2 aromatic carbocycles. The van der Waals surface area contributed by atoms with Crippen LogP contribution in [-0.4, -0.2) is 64.9 Å². The molecule has 2 aromatic rings. The van der Waals surface area contributed by atoms with Crippen LogP contribution in [0.2, 0.25) is 5.02 Å². The second-order valence-electron chi connectivity index (χ2n) is 10.2. The van der Waals surface area contributed by atoms with E-state index in [-0.39, 0.29) is 29.2 Å². The van der Waals surface area contributed by atoms with E-state index in [9.17, 15) is 18.0 Å². The summed E-state index contributed by atoms with van der Waals surface area (Å²) >= 11 is 7.33. The first kappa shape index (κ1) is 27.5. The fourth-order valence-corrected chi connectivity index (χ4v) is 8.36. The Labute approximate surface area is 226 Å². The number of ether oxygens (including phenoxy) is 1. The van der Waals surface area contributed by atoms with E-state index in [2.05, 4.69) is 10.3 Å². The second kappa shape index (κ2) is 11.0. The number of hydrogen-bond donors (Lipinski definition) is 1. The molecule has 0 aliphatic carbocycles. The SMILES string of the molecule is CC(C)(C)OC(=O)N[C@H](Cc1ccccc1)C(=O)N=C1S[C@H]2CS(=O)(=O)C[C@@H]2N1Cc1ccc(Cl)cc1. The van der Waals surface area contributed by atoms with Crippen molar-refractivity contribution >= 4 is 50.4 Å². The van der Waals surface area contributed by atoms with Gasteiger partial charge in [0.2, 0.25) is 0 Å². The molecule has 3 atom stereocenters. The molecule has 2 heterocycles. The lowest BCUT2D eigenvalue weighted by molar-refractivity contribution is -0.119. The molecule has 4 rings (SSSR count). The third kappa shape index (κ3) is 7.49. The van der Waals surface area contributed by atoms with E-state index in [1.165, 1.54) is 11.8 Å². The third-order valence-electron chi connectivity index (χ3n) is 5.92. The molecule has 0 bridgehead atoms. The van der Waals surface area contributed by atoms with Gasteiger partial charge in [0, 0.05) is 23.2 Å². The van der Waals surface area contributed by atoms with Gasteiger partial charge in [-0.1, -0.05) is 65.8 Å². The van der Waals surface area contributed by atoms with E-state index >= 15 is 0 Å². The summed E-state index contributed by atoms with van der Waals surface area (Å²) in [5, 5.41) is 3.51. The minimum atomic E-state index is -3.18. The maximum Gasteiger partial charge on any atom is 0.408 e. The number of benzene rings is 2. The van der Waals surface area contributed by atoms with Crippen LogP contribution in [0.3, 0.4) is 0 Å². The number of rotatable bonds is 6. The van der Waals surface area contributed by atoms with Gasteiger partial charge in [0.05, 0.1) is 17.5 Å². The van der Waals surface area contributed by atoms with Crippen molar-refractivity contribution in [2.75, 3.05) is 11.5 Å². The number of carbonyl (C=O) groups excluding carboxylic acids is 2. The van der Waals surface area contributed by atoms with Gasteiger partial charge in [-0.05, 0) is 44.0 Å². The van der Waals surface area contributed by atoms with Crippen molar-refractivity contribution in [2.45, 2.75) is 56.7 Å². The number of amides is 2. The smallest absolute Gasteiger partial charge is 0.408 e. The van der Waals surface area contributed by atoms with E-state index < -0.39 is 33.5 Å². The number of hydrogen-bond acceptors (Lipinski definition) is 6. The molecular weight excluding hydrogens is 534 g/mol. The third-order valence-corrected chi connectivity index (χ3v) is 9.42. The summed E-state index contributed by atoms with van der Waals surface area (Å²) in [4.78, 5) is 32.3. The van der Waals surface area contributed by atoms with Gasteiger partial charge in [0.25, 0.3) is 5.91 Å². The molecule has 0 spiro atoms. The van der Waals surface area contributed by atoms with Crippen molar-refractivity contribution in [3.8, 4) is 0 Å². The average Bonchev–Trinajstić information content (AvgIpc) is 3.25. The molecule has 0 aromatic heterocycles. The Bertz CT molecular complexity index is 1280. The molecule has 198 valence electrons. The Morgan fingerprint density at radius 3 is 2.43 bits per heavy atom. The van der Waals surface area contributed by atoms with Gasteiger partial charge in [-0.15, -0.1) is 0 Å². The molecule has 2 aliphatic rings. The number of aliphatic imine (C=N–C) groups is 1. The summed E-state index contributed by atoms with van der Waals surface area (Å²) in [6.45, 7) is 5.63. The zero-order chi connectivity index (χ0) is 26.8. The molecule has 0 unspecified atom stereocenters. The van der Waals surface area contributed by atoms with E-state index in [0.717, 1.165) is 11.1 Å². The predicted octanol–water partition coefficient (Wildman–Crippen LogP) is 4.07. The van der Waals surface area contributed by atoms with Crippen molar-refractivity contribution in [3.05, 3.63) is 70.7 Å². The van der Waals surface area contributed by atoms with E-state index in [0.29, 0.717) is 16.7 Å². The van der Waals surface area contributed by atoms with Crippen LogP contribution in [0.15, 0.2) is 59.6 Å². The van der Waals surface area contributed by atoms with Crippen LogP contribution < -0.4 is 5.32 Å². The van der Waals surface area contributed by atoms with Crippen LogP contribution in [0, 0.1) is 0 Å². The molecule has 2 amide bonds. The lowest BCUT2D eigenvalue weighted by atomic mass is 10.1. The molecule has 2 saturated heterocycles. The number of alkyl carbamates (subject to hydrolysis) is 1. The molecule has 11 heteroatoms. The maximum absolute atomic E-state index is 13.5. The van der Waals surface area contributed by atoms with Gasteiger partial charge in [0.15, 0.2) is 15.0 Å². The number of thioether (sulfide) groups is 1. The molecular formula is C26H30ClN3O5S2. The second-order valence-corrected chi connectivity index (χ2v) is 14.0. The molecule has 8 nitrogen and oxygen atoms in total. The monoisotopic (exact) mass is 563 g/mol. The summed E-state index contributed by atoms with van der Waals surface area (Å²) in [5.41, 5.74) is 1.05. The molecule has 1 N–H and O–H groups in total. The molecule has 0 saturated carbocycles. The van der Waals surface area contributed by atoms with E-state index in [1.807, 2.05) is 47.4 Å². The summed E-state index contributed by atoms with van der Waals surface area (Å²) in [5.74, 6) is -0.480. The van der Waals surface area contributed by atoms with E-state index in [4.69, 9.17) is 16.3 Å². The summed E-state index contributed by atoms with van der Waals surface area (Å²) in [7, 11) is -3.18. The lowest BCUT2D eigenvalue weighted by Crippen LogP contribution is -2.45. The highest BCUT2D eigenvalue weighted by atomic mass is 35.5. The Morgan fingerprint density at radius 1 is 1.11 bits per heavy atom. The number of sulfone groups is 1. The highest BCUT2D eigenvalue weighted by molar-refractivity contribution is 8.15. The van der Waals surface area contributed by atoms with Gasteiger partial charge in [-0.2, -0.15) is 4.99 Å². The van der Waals surface area contributed by atoms with Crippen molar-refractivity contribution < 1.29 is 22.7 Å². The number of nitrogens with zero attached hydrogens (tertiary/aromatic N) is 2. The molecule has 0 radical (unpaired) electrons. The number of fused-ring (bicyclic) bond motifs is 1. The fraction of sp³-hybridized carbons (Fsp3) is 0.423. The van der Waals surface area contributed by atoms with Crippen LogP contribution in [-0.2, 0) is 32.3 Å². The topological polar surface area (TPSA) is 105 Å². The minimum absolute atomic E-state index is 0.00900. The van der Waals surface area contributed by atoms with Gasteiger partial charge >= 0.3 is 6.09 Å². The molecule has 2 fully saturated rings. The Balaban J connectivity index is 1.60. The first-order valence-electron chi connectivity index (χ1n) is 11.9. The van der Waals surface area contributed by atoms with Crippen LogP contribution in [0.25, 0.3) is 0 Å². The minimum Gasteiger partial charge on any atom is -0.444 e. The lowest BCUT2D eigenvalue weighted by Gasteiger charge is -2.25. The van der Waals surface area contributed by atoms with Crippen LogP contribution in [0.4, 0.5) is 4.79 Å². The van der Waals surface area contributed by atoms with Crippen molar-refractivity contribution in [2.24, 2.45) is 4.99 Å². The fourth-order valence-electron chi connectivity index (χ4n) is 4.28. The standard InChI is InChI=1S/C26H30ClN3O5S2/c1-26(2,3)35-25(32)28-20(13-17-7-5-4-6-8-17)23(31)29-24-30(14-18-9-11-19(27)12-10-18)21-15-37(33,34)16-22(21)36-24/h4-12,20-22H,13-16H2,1-3H3,(H,28,32)/t20-,21+,22+/m1/s1. The highest BCUT2D eigenvalue weighted by Crippen LogP contribution is 2.39. The summed E-state index contributed by atoms with van der Waals surface area (Å²) in [6, 6.07) is 15.4. The van der Waals surface area contributed by atoms with Gasteiger partial charge < -0.3 is 15.0 Å².